The lowest BCUT2D eigenvalue weighted by Gasteiger charge is -2.17. The number of amides is 1. The summed E-state index contributed by atoms with van der Waals surface area (Å²) in [5, 5.41) is 3.62. The van der Waals surface area contributed by atoms with Gasteiger partial charge in [-0.2, -0.15) is 0 Å². The zero-order valence-electron chi connectivity index (χ0n) is 13.0. The highest BCUT2D eigenvalue weighted by Gasteiger charge is 2.13. The molecule has 0 bridgehead atoms. The molecule has 1 amide bonds. The molecule has 122 valence electrons. The molecule has 2 aromatic rings. The first-order valence-corrected chi connectivity index (χ1v) is 8.06. The molecule has 1 heterocycles. The van der Waals surface area contributed by atoms with Crippen LogP contribution in [0.3, 0.4) is 0 Å². The third kappa shape index (κ3) is 4.81. The average Bonchev–Trinajstić information content (AvgIpc) is 2.56. The molecule has 5 nitrogen and oxygen atoms in total. The van der Waals surface area contributed by atoms with Gasteiger partial charge in [0, 0.05) is 24.7 Å². The van der Waals surface area contributed by atoms with E-state index in [-0.39, 0.29) is 11.6 Å². The van der Waals surface area contributed by atoms with Gasteiger partial charge in [0.15, 0.2) is 0 Å². The van der Waals surface area contributed by atoms with Crippen LogP contribution in [-0.2, 0) is 0 Å². The summed E-state index contributed by atoms with van der Waals surface area (Å²) in [4.78, 5) is 22.6. The second-order valence-electron chi connectivity index (χ2n) is 5.11. The van der Waals surface area contributed by atoms with E-state index in [0.717, 1.165) is 19.4 Å². The molecule has 23 heavy (non-hydrogen) atoms. The summed E-state index contributed by atoms with van der Waals surface area (Å²) < 4.78 is 0. The Kier molecular flexibility index (Phi) is 6.19. The summed E-state index contributed by atoms with van der Waals surface area (Å²) in [6, 6.07) is 6.54. The number of halogens is 2. The predicted octanol–water partition coefficient (Wildman–Crippen LogP) is 4.27. The number of anilines is 2. The van der Waals surface area contributed by atoms with E-state index in [9.17, 15) is 4.79 Å². The normalized spacial score (nSPS) is 10.4. The Hall–Kier alpha value is -1.85. The summed E-state index contributed by atoms with van der Waals surface area (Å²) in [5.74, 6) is 0.345. The minimum Gasteiger partial charge on any atom is -0.360 e. The van der Waals surface area contributed by atoms with E-state index in [1.54, 1.807) is 24.3 Å². The van der Waals surface area contributed by atoms with Crippen molar-refractivity contribution in [3.63, 3.8) is 0 Å². The van der Waals surface area contributed by atoms with Crippen LogP contribution in [0.25, 0.3) is 0 Å². The van der Waals surface area contributed by atoms with Crippen molar-refractivity contribution in [2.75, 3.05) is 23.8 Å². The van der Waals surface area contributed by atoms with E-state index in [0.29, 0.717) is 21.6 Å². The van der Waals surface area contributed by atoms with Gasteiger partial charge in [0.05, 0.1) is 10.7 Å². The zero-order valence-corrected chi connectivity index (χ0v) is 14.5. The number of hydrogen-bond acceptors (Lipinski definition) is 4. The number of rotatable bonds is 6. The van der Waals surface area contributed by atoms with Gasteiger partial charge in [-0.05, 0) is 24.6 Å². The van der Waals surface area contributed by atoms with Crippen LogP contribution in [0.2, 0.25) is 10.0 Å². The molecular formula is C16H18Cl2N4O. The highest BCUT2D eigenvalue weighted by atomic mass is 35.5. The van der Waals surface area contributed by atoms with Gasteiger partial charge >= 0.3 is 0 Å². The van der Waals surface area contributed by atoms with Crippen LogP contribution in [-0.4, -0.2) is 29.5 Å². The highest BCUT2D eigenvalue weighted by molar-refractivity contribution is 6.35. The van der Waals surface area contributed by atoms with Crippen LogP contribution in [0.15, 0.2) is 30.6 Å². The fourth-order valence-electron chi connectivity index (χ4n) is 1.97. The number of nitrogens with zero attached hydrogens (tertiary/aromatic N) is 3. The van der Waals surface area contributed by atoms with Crippen LogP contribution in [0.1, 0.15) is 30.3 Å². The van der Waals surface area contributed by atoms with Crippen LogP contribution in [0.5, 0.6) is 0 Å². The molecule has 0 aliphatic rings. The Morgan fingerprint density at radius 3 is 2.78 bits per heavy atom. The molecule has 0 aliphatic heterocycles. The van der Waals surface area contributed by atoms with Crippen molar-refractivity contribution in [1.29, 1.82) is 0 Å². The van der Waals surface area contributed by atoms with Crippen LogP contribution < -0.4 is 10.2 Å². The third-order valence-electron chi connectivity index (χ3n) is 3.30. The molecular weight excluding hydrogens is 335 g/mol. The molecule has 0 aliphatic carbocycles. The molecule has 0 saturated carbocycles. The first-order chi connectivity index (χ1) is 11.0. The van der Waals surface area contributed by atoms with Crippen molar-refractivity contribution in [1.82, 2.24) is 9.97 Å². The molecule has 1 aromatic heterocycles. The SMILES string of the molecule is CCCCN(C)c1cc(C(=O)Nc2cc(Cl)ccc2Cl)ncn1. The second-order valence-corrected chi connectivity index (χ2v) is 5.96. The quantitative estimate of drug-likeness (QED) is 0.843. The zero-order chi connectivity index (χ0) is 16.8. The molecule has 0 atom stereocenters. The van der Waals surface area contributed by atoms with Gasteiger partial charge in [0.25, 0.3) is 5.91 Å². The summed E-state index contributed by atoms with van der Waals surface area (Å²) in [6.45, 7) is 3.00. The second kappa shape index (κ2) is 8.13. The standard InChI is InChI=1S/C16H18Cl2N4O/c1-3-4-7-22(2)15-9-14(19-10-20-15)16(23)21-13-8-11(17)5-6-12(13)18/h5-6,8-10H,3-4,7H2,1-2H3,(H,21,23). The number of aromatic nitrogens is 2. The maximum Gasteiger partial charge on any atom is 0.274 e. The molecule has 0 fully saturated rings. The highest BCUT2D eigenvalue weighted by Crippen LogP contribution is 2.25. The topological polar surface area (TPSA) is 58.1 Å². The Morgan fingerprint density at radius 2 is 2.04 bits per heavy atom. The lowest BCUT2D eigenvalue weighted by molar-refractivity contribution is 0.102. The van der Waals surface area contributed by atoms with Crippen LogP contribution in [0.4, 0.5) is 11.5 Å². The van der Waals surface area contributed by atoms with E-state index in [4.69, 9.17) is 23.2 Å². The Bertz CT molecular complexity index is 694. The number of unbranched alkanes of at least 4 members (excludes halogenated alkanes) is 1. The predicted molar refractivity (Wildman–Crippen MR) is 94.6 cm³/mol. The Morgan fingerprint density at radius 1 is 1.26 bits per heavy atom. The fourth-order valence-corrected chi connectivity index (χ4v) is 2.31. The van der Waals surface area contributed by atoms with Crippen LogP contribution >= 0.6 is 23.2 Å². The molecule has 0 spiro atoms. The van der Waals surface area contributed by atoms with Crippen LogP contribution in [0, 0.1) is 0 Å². The van der Waals surface area contributed by atoms with Crippen molar-refractivity contribution < 1.29 is 4.79 Å². The average molecular weight is 353 g/mol. The number of hydrogen-bond donors (Lipinski definition) is 1. The summed E-state index contributed by atoms with van der Waals surface area (Å²) >= 11 is 12.0. The smallest absolute Gasteiger partial charge is 0.274 e. The summed E-state index contributed by atoms with van der Waals surface area (Å²) in [7, 11) is 1.94. The first kappa shape index (κ1) is 17.5. The monoisotopic (exact) mass is 352 g/mol. The first-order valence-electron chi connectivity index (χ1n) is 7.31. The molecule has 0 radical (unpaired) electrons. The lowest BCUT2D eigenvalue weighted by atomic mass is 10.3. The number of nitrogens with one attached hydrogen (secondary N) is 1. The third-order valence-corrected chi connectivity index (χ3v) is 3.86. The molecule has 7 heteroatoms. The molecule has 0 unspecified atom stereocenters. The Balaban J connectivity index is 2.15. The van der Waals surface area contributed by atoms with Gasteiger partial charge in [0.1, 0.15) is 17.8 Å². The lowest BCUT2D eigenvalue weighted by Crippen LogP contribution is -2.21. The number of carbonyl (C=O) groups excluding carboxylic acids is 1. The molecule has 0 saturated heterocycles. The molecule has 1 N–H and O–H groups in total. The summed E-state index contributed by atoms with van der Waals surface area (Å²) in [6.07, 6.45) is 3.53. The van der Waals surface area contributed by atoms with E-state index >= 15 is 0 Å². The molecule has 1 aromatic carbocycles. The van der Waals surface area contributed by atoms with Gasteiger partial charge in [-0.15, -0.1) is 0 Å². The van der Waals surface area contributed by atoms with Gasteiger partial charge < -0.3 is 10.2 Å². The largest absolute Gasteiger partial charge is 0.360 e. The summed E-state index contributed by atoms with van der Waals surface area (Å²) in [5.41, 5.74) is 0.720. The van der Waals surface area contributed by atoms with E-state index in [1.807, 2.05) is 11.9 Å². The van der Waals surface area contributed by atoms with Gasteiger partial charge in [-0.3, -0.25) is 4.79 Å². The minimum absolute atomic E-state index is 0.273. The van der Waals surface area contributed by atoms with Gasteiger partial charge in [-0.25, -0.2) is 9.97 Å². The van der Waals surface area contributed by atoms with E-state index < -0.39 is 0 Å². The van der Waals surface area contributed by atoms with Gasteiger partial charge in [-0.1, -0.05) is 36.5 Å². The minimum atomic E-state index is -0.360. The van der Waals surface area contributed by atoms with Crippen molar-refractivity contribution in [2.24, 2.45) is 0 Å². The van der Waals surface area contributed by atoms with Crippen molar-refractivity contribution >= 4 is 40.6 Å². The maximum atomic E-state index is 12.3. The fraction of sp³-hybridized carbons (Fsp3) is 0.312. The Labute approximate surface area is 145 Å². The number of benzene rings is 1. The van der Waals surface area contributed by atoms with E-state index in [2.05, 4.69) is 22.2 Å². The van der Waals surface area contributed by atoms with Crippen molar-refractivity contribution in [3.05, 3.63) is 46.3 Å². The number of carbonyl (C=O) groups is 1. The van der Waals surface area contributed by atoms with E-state index in [1.165, 1.54) is 6.33 Å². The van der Waals surface area contributed by atoms with Crippen molar-refractivity contribution in [3.8, 4) is 0 Å². The maximum absolute atomic E-state index is 12.3. The molecule has 2 rings (SSSR count). The van der Waals surface area contributed by atoms with Crippen molar-refractivity contribution in [2.45, 2.75) is 19.8 Å². The van der Waals surface area contributed by atoms with Gasteiger partial charge in [0.2, 0.25) is 0 Å².